The molecule has 0 radical (unpaired) electrons. The summed E-state index contributed by atoms with van der Waals surface area (Å²) in [7, 11) is 1.97. The van der Waals surface area contributed by atoms with Gasteiger partial charge < -0.3 is 10.2 Å². The second-order valence-electron chi connectivity index (χ2n) is 5.08. The van der Waals surface area contributed by atoms with Crippen molar-refractivity contribution in [2.24, 2.45) is 0 Å². The molecular weight excluding hydrogens is 203 g/mol. The van der Waals surface area contributed by atoms with Gasteiger partial charge in [-0.25, -0.2) is 4.39 Å². The van der Waals surface area contributed by atoms with Crippen molar-refractivity contribution in [3.63, 3.8) is 0 Å². The molecule has 0 aliphatic heterocycles. The van der Waals surface area contributed by atoms with Crippen molar-refractivity contribution >= 4 is 5.69 Å². The van der Waals surface area contributed by atoms with E-state index in [9.17, 15) is 4.39 Å². The number of halogens is 1. The van der Waals surface area contributed by atoms with E-state index in [0.29, 0.717) is 0 Å². The van der Waals surface area contributed by atoms with E-state index in [0.717, 1.165) is 18.8 Å². The SMILES string of the molecule is CN(CCNC(C)(C)C)c1cccc(F)c1. The first kappa shape index (κ1) is 13.0. The maximum Gasteiger partial charge on any atom is 0.125 e. The maximum absolute atomic E-state index is 13.0. The van der Waals surface area contributed by atoms with Crippen LogP contribution in [-0.4, -0.2) is 25.7 Å². The molecule has 0 aliphatic rings. The Hall–Kier alpha value is -1.09. The molecule has 0 unspecified atom stereocenters. The highest BCUT2D eigenvalue weighted by Gasteiger charge is 2.08. The molecule has 1 N–H and O–H groups in total. The number of nitrogens with one attached hydrogen (secondary N) is 1. The molecule has 0 saturated carbocycles. The van der Waals surface area contributed by atoms with Crippen LogP contribution in [0, 0.1) is 5.82 Å². The van der Waals surface area contributed by atoms with Crippen LogP contribution >= 0.6 is 0 Å². The van der Waals surface area contributed by atoms with E-state index in [-0.39, 0.29) is 11.4 Å². The average molecular weight is 224 g/mol. The highest BCUT2D eigenvalue weighted by Crippen LogP contribution is 2.13. The Balaban J connectivity index is 2.44. The summed E-state index contributed by atoms with van der Waals surface area (Å²) in [5, 5.41) is 3.40. The maximum atomic E-state index is 13.0. The van der Waals surface area contributed by atoms with E-state index in [2.05, 4.69) is 26.1 Å². The van der Waals surface area contributed by atoms with Crippen LogP contribution in [0.3, 0.4) is 0 Å². The topological polar surface area (TPSA) is 15.3 Å². The second kappa shape index (κ2) is 5.30. The Bertz CT molecular complexity index is 331. The van der Waals surface area contributed by atoms with Crippen molar-refractivity contribution < 1.29 is 4.39 Å². The van der Waals surface area contributed by atoms with Crippen LogP contribution in [0.25, 0.3) is 0 Å². The zero-order valence-electron chi connectivity index (χ0n) is 10.5. The van der Waals surface area contributed by atoms with E-state index < -0.39 is 0 Å². The zero-order chi connectivity index (χ0) is 12.2. The molecule has 0 spiro atoms. The van der Waals surface area contributed by atoms with Crippen molar-refractivity contribution in [2.45, 2.75) is 26.3 Å². The van der Waals surface area contributed by atoms with E-state index >= 15 is 0 Å². The number of hydrogen-bond acceptors (Lipinski definition) is 2. The quantitative estimate of drug-likeness (QED) is 0.846. The Labute approximate surface area is 97.5 Å². The number of anilines is 1. The molecular formula is C13H21FN2. The molecule has 0 saturated heterocycles. The summed E-state index contributed by atoms with van der Waals surface area (Å²) in [6.45, 7) is 8.15. The van der Waals surface area contributed by atoms with Gasteiger partial charge in [-0.2, -0.15) is 0 Å². The lowest BCUT2D eigenvalue weighted by atomic mass is 10.1. The van der Waals surface area contributed by atoms with Gasteiger partial charge in [0, 0.05) is 31.4 Å². The number of benzene rings is 1. The Morgan fingerprint density at radius 1 is 1.31 bits per heavy atom. The number of nitrogens with zero attached hydrogens (tertiary/aromatic N) is 1. The summed E-state index contributed by atoms with van der Waals surface area (Å²) in [6, 6.07) is 6.67. The van der Waals surface area contributed by atoms with Gasteiger partial charge in [-0.05, 0) is 39.0 Å². The van der Waals surface area contributed by atoms with Gasteiger partial charge in [0.2, 0.25) is 0 Å². The Morgan fingerprint density at radius 2 is 2.00 bits per heavy atom. The highest BCUT2D eigenvalue weighted by molar-refractivity contribution is 5.45. The fourth-order valence-electron chi connectivity index (χ4n) is 1.44. The van der Waals surface area contributed by atoms with Crippen molar-refractivity contribution in [3.8, 4) is 0 Å². The van der Waals surface area contributed by atoms with E-state index in [1.54, 1.807) is 12.1 Å². The monoisotopic (exact) mass is 224 g/mol. The fraction of sp³-hybridized carbons (Fsp3) is 0.538. The normalized spacial score (nSPS) is 11.6. The first-order valence-corrected chi connectivity index (χ1v) is 5.60. The first-order chi connectivity index (χ1) is 7.38. The number of hydrogen-bond donors (Lipinski definition) is 1. The van der Waals surface area contributed by atoms with Crippen molar-refractivity contribution in [1.29, 1.82) is 0 Å². The molecule has 0 atom stereocenters. The third-order valence-corrected chi connectivity index (χ3v) is 2.35. The molecule has 0 aromatic heterocycles. The predicted molar refractivity (Wildman–Crippen MR) is 67.4 cm³/mol. The van der Waals surface area contributed by atoms with Gasteiger partial charge in [0.15, 0.2) is 0 Å². The Morgan fingerprint density at radius 3 is 2.56 bits per heavy atom. The predicted octanol–water partition coefficient (Wildman–Crippen LogP) is 2.65. The summed E-state index contributed by atoms with van der Waals surface area (Å²) < 4.78 is 13.0. The third-order valence-electron chi connectivity index (χ3n) is 2.35. The molecule has 1 aromatic rings. The standard InChI is InChI=1S/C13H21FN2/c1-13(2,3)15-8-9-16(4)12-7-5-6-11(14)10-12/h5-7,10,15H,8-9H2,1-4H3. The molecule has 16 heavy (non-hydrogen) atoms. The van der Waals surface area contributed by atoms with Gasteiger partial charge in [-0.3, -0.25) is 0 Å². The molecule has 2 nitrogen and oxygen atoms in total. The van der Waals surface area contributed by atoms with Crippen LogP contribution in [0.1, 0.15) is 20.8 Å². The minimum atomic E-state index is -0.187. The van der Waals surface area contributed by atoms with Gasteiger partial charge in [0.25, 0.3) is 0 Å². The van der Waals surface area contributed by atoms with Crippen LogP contribution in [0.4, 0.5) is 10.1 Å². The van der Waals surface area contributed by atoms with Crippen LogP contribution < -0.4 is 10.2 Å². The lowest BCUT2D eigenvalue weighted by molar-refractivity contribution is 0.431. The van der Waals surface area contributed by atoms with E-state index in [1.807, 2.05) is 18.0 Å². The molecule has 1 aromatic carbocycles. The van der Waals surface area contributed by atoms with Crippen LogP contribution in [0.15, 0.2) is 24.3 Å². The van der Waals surface area contributed by atoms with Gasteiger partial charge in [-0.15, -0.1) is 0 Å². The summed E-state index contributed by atoms with van der Waals surface area (Å²) in [5.41, 5.74) is 1.04. The molecule has 1 rings (SSSR count). The minimum Gasteiger partial charge on any atom is -0.373 e. The third kappa shape index (κ3) is 4.62. The van der Waals surface area contributed by atoms with Crippen molar-refractivity contribution in [1.82, 2.24) is 5.32 Å². The van der Waals surface area contributed by atoms with E-state index in [1.165, 1.54) is 6.07 Å². The molecule has 0 bridgehead atoms. The number of rotatable bonds is 4. The van der Waals surface area contributed by atoms with Crippen LogP contribution in [0.5, 0.6) is 0 Å². The van der Waals surface area contributed by atoms with Crippen LogP contribution in [0.2, 0.25) is 0 Å². The largest absolute Gasteiger partial charge is 0.373 e. The smallest absolute Gasteiger partial charge is 0.125 e. The van der Waals surface area contributed by atoms with Gasteiger partial charge in [0.1, 0.15) is 5.82 Å². The first-order valence-electron chi connectivity index (χ1n) is 5.60. The van der Waals surface area contributed by atoms with Gasteiger partial charge in [0.05, 0.1) is 0 Å². The minimum absolute atomic E-state index is 0.128. The average Bonchev–Trinajstić information content (AvgIpc) is 2.15. The summed E-state index contributed by atoms with van der Waals surface area (Å²) in [5.74, 6) is -0.187. The van der Waals surface area contributed by atoms with Crippen molar-refractivity contribution in [2.75, 3.05) is 25.0 Å². The summed E-state index contributed by atoms with van der Waals surface area (Å²) >= 11 is 0. The lowest BCUT2D eigenvalue weighted by Crippen LogP contribution is -2.40. The number of likely N-dealkylation sites (N-methyl/N-ethyl adjacent to an activating group) is 1. The molecule has 0 fully saturated rings. The molecule has 0 amide bonds. The molecule has 0 aliphatic carbocycles. The highest BCUT2D eigenvalue weighted by atomic mass is 19.1. The van der Waals surface area contributed by atoms with Gasteiger partial charge in [-0.1, -0.05) is 6.07 Å². The molecule has 0 heterocycles. The molecule has 90 valence electrons. The summed E-state index contributed by atoms with van der Waals surface area (Å²) in [4.78, 5) is 2.04. The van der Waals surface area contributed by atoms with Crippen molar-refractivity contribution in [3.05, 3.63) is 30.1 Å². The van der Waals surface area contributed by atoms with Gasteiger partial charge >= 0.3 is 0 Å². The Kier molecular flexibility index (Phi) is 4.30. The second-order valence-corrected chi connectivity index (χ2v) is 5.08. The van der Waals surface area contributed by atoms with Crippen LogP contribution in [-0.2, 0) is 0 Å². The fourth-order valence-corrected chi connectivity index (χ4v) is 1.44. The lowest BCUT2D eigenvalue weighted by Gasteiger charge is -2.24. The molecule has 3 heteroatoms. The zero-order valence-corrected chi connectivity index (χ0v) is 10.5. The summed E-state index contributed by atoms with van der Waals surface area (Å²) in [6.07, 6.45) is 0. The van der Waals surface area contributed by atoms with E-state index in [4.69, 9.17) is 0 Å².